The minimum absolute atomic E-state index is 0.0238. The zero-order valence-electron chi connectivity index (χ0n) is 37.5. The number of dihydropyridines is 1. The summed E-state index contributed by atoms with van der Waals surface area (Å²) in [6.45, 7) is -0.695. The number of hydrogen-bond donors (Lipinski definition) is 9. The van der Waals surface area contributed by atoms with Gasteiger partial charge in [0.05, 0.1) is 30.1 Å². The van der Waals surface area contributed by atoms with E-state index < -0.39 is 75.8 Å². The van der Waals surface area contributed by atoms with Gasteiger partial charge in [-0.3, -0.25) is 9.59 Å². The van der Waals surface area contributed by atoms with Crippen LogP contribution < -0.4 is 15.4 Å². The van der Waals surface area contributed by atoms with Gasteiger partial charge in [0.15, 0.2) is 11.6 Å². The number of Topliss-reactive ketones (excluding diaryl/α,β-unsaturated/α-hetero) is 2. The lowest BCUT2D eigenvalue weighted by Gasteiger charge is -2.56. The van der Waals surface area contributed by atoms with E-state index in [0.717, 1.165) is 53.7 Å². The molecule has 13 atom stereocenters. The molecule has 360 valence electrons. The van der Waals surface area contributed by atoms with Gasteiger partial charge in [-0.25, -0.2) is 0 Å². The van der Waals surface area contributed by atoms with Crippen LogP contribution in [0.3, 0.4) is 0 Å². The highest BCUT2D eigenvalue weighted by Crippen LogP contribution is 2.72. The predicted molar refractivity (Wildman–Crippen MR) is 253 cm³/mol. The van der Waals surface area contributed by atoms with Gasteiger partial charge in [0.1, 0.15) is 52.9 Å². The highest BCUT2D eigenvalue weighted by molar-refractivity contribution is 8.77. The Morgan fingerprint density at radius 2 is 1.79 bits per heavy atom. The fourth-order valence-electron chi connectivity index (χ4n) is 14.1. The number of hydrogen-bond acceptors (Lipinski definition) is 16. The van der Waals surface area contributed by atoms with Crippen LogP contribution in [0.25, 0.3) is 0 Å². The van der Waals surface area contributed by atoms with Gasteiger partial charge in [-0.15, -0.1) is 0 Å². The number of carbonyl (C=O) groups is 3. The molecular weight excluding hydrogens is 909 g/mol. The Balaban J connectivity index is 1.10. The summed E-state index contributed by atoms with van der Waals surface area (Å²) in [5, 5.41) is 87.8. The van der Waals surface area contributed by atoms with Crippen LogP contribution in [0.15, 0.2) is 101 Å². The van der Waals surface area contributed by atoms with E-state index in [2.05, 4.69) is 22.8 Å². The van der Waals surface area contributed by atoms with Crippen molar-refractivity contribution in [2.45, 2.75) is 112 Å². The number of benzene rings is 2. The van der Waals surface area contributed by atoms with Gasteiger partial charge in [0.2, 0.25) is 6.29 Å². The fraction of sp³-hybridized carbons (Fsp3) is 0.519. The number of ketones is 2. The van der Waals surface area contributed by atoms with Crippen molar-refractivity contribution in [2.24, 2.45) is 34.0 Å². The quantitative estimate of drug-likeness (QED) is 0.130. The van der Waals surface area contributed by atoms with Crippen LogP contribution in [0.4, 0.5) is 0 Å². The van der Waals surface area contributed by atoms with Crippen molar-refractivity contribution >= 4 is 39.4 Å². The normalized spacial score (nSPS) is 39.1. The van der Waals surface area contributed by atoms with Gasteiger partial charge in [0.25, 0.3) is 0 Å². The van der Waals surface area contributed by atoms with E-state index >= 15 is 9.59 Å². The molecule has 16 heteroatoms. The number of nitrogens with one attached hydrogen (secondary N) is 2. The van der Waals surface area contributed by atoms with E-state index in [1.165, 1.54) is 33.7 Å². The second-order valence-corrected chi connectivity index (χ2v) is 23.0. The van der Waals surface area contributed by atoms with E-state index in [4.69, 9.17) is 9.47 Å². The zero-order chi connectivity index (χ0) is 47.3. The Hall–Kier alpha value is -4.23. The molecule has 6 aliphatic heterocycles. The summed E-state index contributed by atoms with van der Waals surface area (Å²) in [5.74, 6) is -2.45. The molecule has 1 saturated heterocycles. The maximum Gasteiger partial charge on any atom is 0.229 e. The van der Waals surface area contributed by atoms with Gasteiger partial charge in [0, 0.05) is 47.3 Å². The Morgan fingerprint density at radius 3 is 2.59 bits per heavy atom. The van der Waals surface area contributed by atoms with Crippen LogP contribution >= 0.6 is 21.6 Å². The second kappa shape index (κ2) is 17.3. The number of ether oxygens (including phenoxy) is 2. The van der Waals surface area contributed by atoms with Gasteiger partial charge in [-0.05, 0) is 103 Å². The molecular formula is C52H58N2O12S2. The van der Waals surface area contributed by atoms with E-state index in [9.17, 15) is 40.5 Å². The Labute approximate surface area is 402 Å². The molecule has 3 fully saturated rings. The highest BCUT2D eigenvalue weighted by atomic mass is 33.1. The van der Waals surface area contributed by atoms with Crippen molar-refractivity contribution in [3.63, 3.8) is 0 Å². The van der Waals surface area contributed by atoms with Crippen molar-refractivity contribution < 1.29 is 59.6 Å². The predicted octanol–water partition coefficient (Wildman–Crippen LogP) is 4.64. The molecule has 6 heterocycles. The van der Waals surface area contributed by atoms with Crippen LogP contribution in [-0.2, 0) is 22.6 Å². The van der Waals surface area contributed by atoms with E-state index in [0.29, 0.717) is 43.4 Å². The van der Waals surface area contributed by atoms with Crippen molar-refractivity contribution in [3.8, 4) is 5.75 Å². The topological polar surface area (TPSA) is 235 Å². The summed E-state index contributed by atoms with van der Waals surface area (Å²) in [6.07, 6.45) is 6.63. The molecule has 10 bridgehead atoms. The van der Waals surface area contributed by atoms with Crippen molar-refractivity contribution in [1.29, 1.82) is 0 Å². The molecule has 14 nitrogen and oxygen atoms in total. The summed E-state index contributed by atoms with van der Waals surface area (Å²) in [7, 11) is 2.89. The monoisotopic (exact) mass is 966 g/mol. The van der Waals surface area contributed by atoms with E-state index in [1.807, 2.05) is 18.2 Å². The standard InChI is InChI=1S/C52H58N2O12S2/c55-16-4-10-39-52-34(19-29(20-38(52)59)18-27-5-1-6-28(17-27)23-56)43(60)32-8-2-9-35(42(32)45(52)62)65-48-46(63)51(64,44(61)36(25-58)66-48)26-50-14-13-49(12-3-7-31(49)24-57)37(50)21-30-22-40(68-67-39)54-47-41(30)33(50)11-15-53-47/h1-2,5-6,8-9,11,17,19-21,24,31,34,36-37,39-40,44,46,48,53-56,58-59,61,63-64H,3-4,7,10,12-16,18,22-23,25-26H2/t31-,34+,36+,37+,39-,40-,44+,46-,48+,49+,50+,51-,52-/m0/s1. The van der Waals surface area contributed by atoms with Gasteiger partial charge in [-0.1, -0.05) is 82.6 Å². The molecule has 0 aromatic heterocycles. The van der Waals surface area contributed by atoms with Crippen molar-refractivity contribution in [2.75, 3.05) is 19.8 Å². The molecule has 0 radical (unpaired) electrons. The molecule has 9 N–H and O–H groups in total. The Morgan fingerprint density at radius 1 is 0.971 bits per heavy atom. The molecule has 5 aliphatic carbocycles. The first-order valence-electron chi connectivity index (χ1n) is 24.0. The smallest absolute Gasteiger partial charge is 0.229 e. The number of carbonyl (C=O) groups excluding carboxylic acids is 3. The first-order chi connectivity index (χ1) is 32.9. The molecule has 2 aromatic carbocycles. The molecule has 2 aromatic rings. The summed E-state index contributed by atoms with van der Waals surface area (Å²) in [5.41, 5.74) is -0.611. The molecule has 0 amide bonds. The van der Waals surface area contributed by atoms with Crippen LogP contribution in [0.2, 0.25) is 0 Å². The minimum atomic E-state index is -2.37. The fourth-order valence-corrected chi connectivity index (χ4v) is 17.5. The lowest BCUT2D eigenvalue weighted by Crippen LogP contribution is -2.70. The summed E-state index contributed by atoms with van der Waals surface area (Å²) < 4.78 is 12.7. The number of aldehydes is 1. The third kappa shape index (κ3) is 6.68. The highest BCUT2D eigenvalue weighted by Gasteiger charge is 2.69. The molecule has 3 spiro atoms. The maximum absolute atomic E-state index is 15.9. The van der Waals surface area contributed by atoms with E-state index in [-0.39, 0.29) is 72.3 Å². The molecule has 13 rings (SSSR count). The van der Waals surface area contributed by atoms with Crippen LogP contribution in [-0.4, -0.2) is 114 Å². The van der Waals surface area contributed by atoms with Gasteiger partial charge >= 0.3 is 0 Å². The van der Waals surface area contributed by atoms with Crippen LogP contribution in [0.5, 0.6) is 5.75 Å². The minimum Gasteiger partial charge on any atom is -0.511 e. The lowest BCUT2D eigenvalue weighted by atomic mass is 9.53. The number of aliphatic hydroxyl groups excluding tert-OH is 6. The summed E-state index contributed by atoms with van der Waals surface area (Å²) in [6, 6.07) is 11.9. The van der Waals surface area contributed by atoms with E-state index in [1.54, 1.807) is 24.3 Å². The SMILES string of the molecule is O=C[C@@H]1CCC[C@@]12CC[C@]13C[C@]4(O)[C@H](O)[C@@H](CO)O[C@@H](Oc5cccc6c5C(=O)[C@@]5(C(O)=CC(Cc7cccc(CO)c7)=C[C@@H]5C6=O)[C@H](CCCO)SS[C@H]5CC(=C[C@@H]12)C1=C(NCC=C13)N5)[C@@H]4O. The van der Waals surface area contributed by atoms with Crippen molar-refractivity contribution in [1.82, 2.24) is 10.6 Å². The summed E-state index contributed by atoms with van der Waals surface area (Å²) in [4.78, 5) is 44.2. The first-order valence-corrected chi connectivity index (χ1v) is 26.2. The van der Waals surface area contributed by atoms with Gasteiger partial charge in [-0.2, -0.15) is 0 Å². The largest absolute Gasteiger partial charge is 0.511 e. The Kier molecular flexibility index (Phi) is 11.7. The molecule has 0 unspecified atom stereocenters. The molecule has 68 heavy (non-hydrogen) atoms. The van der Waals surface area contributed by atoms with Crippen LogP contribution in [0.1, 0.15) is 89.6 Å². The maximum atomic E-state index is 15.9. The van der Waals surface area contributed by atoms with Gasteiger partial charge < -0.3 is 60.6 Å². The molecule has 11 aliphatic rings. The average molecular weight is 967 g/mol. The second-order valence-electron chi connectivity index (χ2n) is 20.4. The lowest BCUT2D eigenvalue weighted by molar-refractivity contribution is -0.320. The van der Waals surface area contributed by atoms with Crippen LogP contribution in [0, 0.1) is 34.0 Å². The van der Waals surface area contributed by atoms with Crippen molar-refractivity contribution in [3.05, 3.63) is 123 Å². The zero-order valence-corrected chi connectivity index (χ0v) is 39.1. The third-order valence-corrected chi connectivity index (χ3v) is 20.3. The number of aliphatic hydroxyl groups is 7. The number of rotatable bonds is 8. The summed E-state index contributed by atoms with van der Waals surface area (Å²) >= 11 is 0. The molecule has 2 saturated carbocycles. The Bertz CT molecular complexity index is 2610. The average Bonchev–Trinajstić information content (AvgIpc) is 3.91. The third-order valence-electron chi connectivity index (χ3n) is 17.1. The first kappa shape index (κ1) is 46.2. The number of allylic oxidation sites excluding steroid dienone is 7.